The molecule has 3 aromatic rings. The van der Waals surface area contributed by atoms with E-state index in [0.29, 0.717) is 12.1 Å². The Balaban J connectivity index is 1.84. The van der Waals surface area contributed by atoms with E-state index in [-0.39, 0.29) is 40.3 Å². The first-order valence-corrected chi connectivity index (χ1v) is 10.7. The van der Waals surface area contributed by atoms with E-state index >= 15 is 0 Å². The second-order valence-electron chi connectivity index (χ2n) is 7.84. The third kappa shape index (κ3) is 4.76. The van der Waals surface area contributed by atoms with Crippen LogP contribution in [0.4, 0.5) is 27.6 Å². The van der Waals surface area contributed by atoms with Gasteiger partial charge in [-0.25, -0.2) is 8.78 Å². The molecule has 1 atom stereocenters. The van der Waals surface area contributed by atoms with Gasteiger partial charge in [0.15, 0.2) is 0 Å². The highest BCUT2D eigenvalue weighted by Crippen LogP contribution is 2.38. The molecular formula is C23H16ClF5N4O3. The van der Waals surface area contributed by atoms with Crippen LogP contribution in [0.2, 0.25) is 5.02 Å². The molecule has 0 radical (unpaired) electrons. The topological polar surface area (TPSA) is 92.2 Å². The van der Waals surface area contributed by atoms with Crippen molar-refractivity contribution in [2.45, 2.75) is 18.8 Å². The Kier molecular flexibility index (Phi) is 6.48. The minimum Gasteiger partial charge on any atom is -0.354 e. The lowest BCUT2D eigenvalue weighted by molar-refractivity contribution is -0.137. The molecule has 0 bridgehead atoms. The van der Waals surface area contributed by atoms with E-state index in [2.05, 4.69) is 16.0 Å². The lowest BCUT2D eigenvalue weighted by Crippen LogP contribution is -2.40. The van der Waals surface area contributed by atoms with Gasteiger partial charge < -0.3 is 20.5 Å². The van der Waals surface area contributed by atoms with Crippen molar-refractivity contribution >= 4 is 35.0 Å². The van der Waals surface area contributed by atoms with Crippen LogP contribution in [0.3, 0.4) is 0 Å². The number of alkyl halides is 3. The molecular weight excluding hydrogens is 511 g/mol. The van der Waals surface area contributed by atoms with Gasteiger partial charge >= 0.3 is 6.18 Å². The summed E-state index contributed by atoms with van der Waals surface area (Å²) in [5.74, 6) is -4.26. The monoisotopic (exact) mass is 526 g/mol. The minimum atomic E-state index is -4.90. The van der Waals surface area contributed by atoms with Crippen molar-refractivity contribution in [2.75, 3.05) is 12.4 Å². The number of benzene rings is 2. The molecule has 2 heterocycles. The maximum atomic E-state index is 14.0. The van der Waals surface area contributed by atoms with Crippen molar-refractivity contribution in [2.24, 2.45) is 0 Å². The lowest BCUT2D eigenvalue weighted by Gasteiger charge is -2.29. The fourth-order valence-corrected chi connectivity index (χ4v) is 4.15. The van der Waals surface area contributed by atoms with Gasteiger partial charge in [0.25, 0.3) is 11.8 Å². The molecule has 7 nitrogen and oxygen atoms in total. The Morgan fingerprint density at radius 2 is 1.78 bits per heavy atom. The zero-order valence-electron chi connectivity index (χ0n) is 18.3. The molecule has 0 saturated carbocycles. The van der Waals surface area contributed by atoms with Gasteiger partial charge in [-0.15, -0.1) is 0 Å². The fraction of sp³-hybridized carbons (Fsp3) is 0.174. The number of rotatable bonds is 4. The first-order valence-electron chi connectivity index (χ1n) is 10.3. The molecule has 2 aromatic carbocycles. The summed E-state index contributed by atoms with van der Waals surface area (Å²) < 4.78 is 68.5. The number of carbonyl (C=O) groups is 3. The molecule has 1 aromatic heterocycles. The maximum absolute atomic E-state index is 14.0. The van der Waals surface area contributed by atoms with Gasteiger partial charge in [-0.05, 0) is 42.5 Å². The van der Waals surface area contributed by atoms with Crippen LogP contribution in [0.5, 0.6) is 0 Å². The minimum absolute atomic E-state index is 0.0644. The van der Waals surface area contributed by atoms with Gasteiger partial charge in [-0.2, -0.15) is 13.2 Å². The molecule has 188 valence electrons. The van der Waals surface area contributed by atoms with E-state index in [1.54, 1.807) is 0 Å². The molecule has 0 saturated heterocycles. The van der Waals surface area contributed by atoms with Gasteiger partial charge in [0.05, 0.1) is 23.0 Å². The number of halogens is 6. The SMILES string of the molecule is CNC(=O)c1cc(NC(=O)c2cc(F)cc(C(F)(F)F)c2)c2n1CC(=O)N[C@@H]2c1cc(F)ccc1Cl. The van der Waals surface area contributed by atoms with Crippen molar-refractivity contribution in [1.82, 2.24) is 15.2 Å². The molecule has 1 aliphatic rings. The molecule has 1 aliphatic heterocycles. The van der Waals surface area contributed by atoms with Crippen LogP contribution in [-0.2, 0) is 17.5 Å². The Morgan fingerprint density at radius 1 is 1.06 bits per heavy atom. The van der Waals surface area contributed by atoms with E-state index in [9.17, 15) is 36.3 Å². The molecule has 0 fully saturated rings. The summed E-state index contributed by atoms with van der Waals surface area (Å²) in [4.78, 5) is 37.8. The predicted molar refractivity (Wildman–Crippen MR) is 119 cm³/mol. The molecule has 3 amide bonds. The Bertz CT molecular complexity index is 1400. The first kappa shape index (κ1) is 25.2. The van der Waals surface area contributed by atoms with Crippen LogP contribution in [0, 0.1) is 11.6 Å². The number of fused-ring (bicyclic) bond motifs is 1. The van der Waals surface area contributed by atoms with E-state index in [1.807, 2.05) is 0 Å². The average molecular weight is 527 g/mol. The summed E-state index contributed by atoms with van der Waals surface area (Å²) in [6.07, 6.45) is -4.90. The summed E-state index contributed by atoms with van der Waals surface area (Å²) in [5, 5.41) is 7.45. The Labute approximate surface area is 205 Å². The van der Waals surface area contributed by atoms with E-state index in [4.69, 9.17) is 11.6 Å². The lowest BCUT2D eigenvalue weighted by atomic mass is 10.0. The first-order chi connectivity index (χ1) is 16.9. The Morgan fingerprint density at radius 3 is 2.44 bits per heavy atom. The van der Waals surface area contributed by atoms with Crippen LogP contribution < -0.4 is 16.0 Å². The van der Waals surface area contributed by atoms with Gasteiger partial charge in [0, 0.05) is 23.2 Å². The smallest absolute Gasteiger partial charge is 0.354 e. The summed E-state index contributed by atoms with van der Waals surface area (Å²) in [6.45, 7) is -0.352. The zero-order valence-corrected chi connectivity index (χ0v) is 19.0. The van der Waals surface area contributed by atoms with Gasteiger partial charge in [0.2, 0.25) is 5.91 Å². The van der Waals surface area contributed by atoms with E-state index in [1.165, 1.54) is 23.7 Å². The van der Waals surface area contributed by atoms with E-state index in [0.717, 1.165) is 12.1 Å². The third-order valence-corrected chi connectivity index (χ3v) is 5.83. The van der Waals surface area contributed by atoms with Gasteiger partial charge in [-0.3, -0.25) is 14.4 Å². The van der Waals surface area contributed by atoms with Crippen molar-refractivity contribution in [3.05, 3.63) is 87.2 Å². The zero-order chi connectivity index (χ0) is 26.4. The van der Waals surface area contributed by atoms with Crippen molar-refractivity contribution in [3.8, 4) is 0 Å². The number of anilines is 1. The van der Waals surface area contributed by atoms with Crippen molar-refractivity contribution < 1.29 is 36.3 Å². The highest BCUT2D eigenvalue weighted by Gasteiger charge is 2.35. The molecule has 13 heteroatoms. The average Bonchev–Trinajstić information content (AvgIpc) is 3.16. The van der Waals surface area contributed by atoms with Crippen LogP contribution in [-0.4, -0.2) is 29.3 Å². The summed E-state index contributed by atoms with van der Waals surface area (Å²) in [6, 6.07) is 4.82. The van der Waals surface area contributed by atoms with E-state index < -0.39 is 52.7 Å². The molecule has 36 heavy (non-hydrogen) atoms. The fourth-order valence-electron chi connectivity index (χ4n) is 3.92. The molecule has 0 spiro atoms. The maximum Gasteiger partial charge on any atom is 0.416 e. The predicted octanol–water partition coefficient (Wildman–Crippen LogP) is 4.27. The van der Waals surface area contributed by atoms with Crippen molar-refractivity contribution in [3.63, 3.8) is 0 Å². The van der Waals surface area contributed by atoms with Crippen LogP contribution in [0.1, 0.15) is 43.7 Å². The number of hydrogen-bond acceptors (Lipinski definition) is 3. The molecule has 0 unspecified atom stereocenters. The van der Waals surface area contributed by atoms with Gasteiger partial charge in [0.1, 0.15) is 23.9 Å². The Hall–Kier alpha value is -3.93. The largest absolute Gasteiger partial charge is 0.416 e. The number of hydrogen-bond donors (Lipinski definition) is 3. The second-order valence-corrected chi connectivity index (χ2v) is 8.25. The highest BCUT2D eigenvalue weighted by molar-refractivity contribution is 6.31. The number of amides is 3. The number of nitrogens with one attached hydrogen (secondary N) is 3. The third-order valence-electron chi connectivity index (χ3n) is 5.48. The van der Waals surface area contributed by atoms with Crippen LogP contribution >= 0.6 is 11.6 Å². The van der Waals surface area contributed by atoms with Crippen molar-refractivity contribution in [1.29, 1.82) is 0 Å². The number of aromatic nitrogens is 1. The second kappa shape index (κ2) is 9.26. The normalized spacial score (nSPS) is 15.2. The van der Waals surface area contributed by atoms with Crippen LogP contribution in [0.15, 0.2) is 42.5 Å². The summed E-state index contributed by atoms with van der Waals surface area (Å²) in [7, 11) is 1.33. The summed E-state index contributed by atoms with van der Waals surface area (Å²) >= 11 is 6.23. The molecule has 3 N–H and O–H groups in total. The molecule has 4 rings (SSSR count). The molecule has 0 aliphatic carbocycles. The quantitative estimate of drug-likeness (QED) is 0.443. The number of carbonyl (C=O) groups excluding carboxylic acids is 3. The highest BCUT2D eigenvalue weighted by atomic mass is 35.5. The standard InChI is InChI=1S/C23H16ClF5N4O3/c1-30-22(36)17-8-16(31-21(35)10-4-11(23(27,28)29)6-13(26)5-10)20-19(32-18(34)9-33(17)20)14-7-12(25)2-3-15(14)24/h2-8,19H,9H2,1H3,(H,30,36)(H,31,35)(H,32,34)/t19-/m1/s1. The summed E-state index contributed by atoms with van der Waals surface area (Å²) in [5.41, 5.74) is -1.93. The van der Waals surface area contributed by atoms with Crippen LogP contribution in [0.25, 0.3) is 0 Å². The number of nitrogens with zero attached hydrogens (tertiary/aromatic N) is 1. The van der Waals surface area contributed by atoms with Gasteiger partial charge in [-0.1, -0.05) is 11.6 Å².